The van der Waals surface area contributed by atoms with E-state index >= 15 is 0 Å². The summed E-state index contributed by atoms with van der Waals surface area (Å²) in [6.07, 6.45) is 7.18. The van der Waals surface area contributed by atoms with Gasteiger partial charge in [0.05, 0.1) is 12.7 Å². The molecule has 0 amide bonds. The molecule has 19 heavy (non-hydrogen) atoms. The fraction of sp³-hybridized carbons (Fsp3) is 0.400. The van der Waals surface area contributed by atoms with Crippen molar-refractivity contribution in [3.8, 4) is 11.9 Å². The maximum absolute atomic E-state index is 12.2. The first kappa shape index (κ1) is 13.3. The maximum atomic E-state index is 12.2. The number of hydrogen-bond acceptors (Lipinski definition) is 4. The predicted octanol–water partition coefficient (Wildman–Crippen LogP) is 2.76. The summed E-state index contributed by atoms with van der Waals surface area (Å²) in [6.45, 7) is 0. The average molecular weight is 256 g/mol. The van der Waals surface area contributed by atoms with Crippen LogP contribution in [-0.4, -0.2) is 17.9 Å². The number of carbonyl (C=O) groups excluding carboxylic acids is 1. The Morgan fingerprint density at radius 1 is 1.53 bits per heavy atom. The van der Waals surface area contributed by atoms with Crippen LogP contribution in [0, 0.1) is 17.2 Å². The zero-order chi connectivity index (χ0) is 13.7. The molecule has 0 aliphatic heterocycles. The molecule has 0 spiro atoms. The van der Waals surface area contributed by atoms with Gasteiger partial charge in [0.15, 0.2) is 5.78 Å². The van der Waals surface area contributed by atoms with E-state index in [2.05, 4.69) is 4.98 Å². The number of pyridine rings is 1. The van der Waals surface area contributed by atoms with Crippen LogP contribution in [0.25, 0.3) is 6.08 Å². The van der Waals surface area contributed by atoms with Gasteiger partial charge in [-0.05, 0) is 30.5 Å². The zero-order valence-electron chi connectivity index (χ0n) is 10.9. The second-order valence-electron chi connectivity index (χ2n) is 4.65. The smallest absolute Gasteiger partial charge is 0.213 e. The number of rotatable bonds is 4. The molecule has 2 rings (SSSR count). The molecule has 0 bridgehead atoms. The fourth-order valence-electron chi connectivity index (χ4n) is 2.36. The minimum atomic E-state index is -0.0317. The molecule has 4 heteroatoms. The molecule has 0 N–H and O–H groups in total. The van der Waals surface area contributed by atoms with Crippen molar-refractivity contribution in [3.63, 3.8) is 0 Å². The molecule has 1 aromatic heterocycles. The molecule has 0 saturated heterocycles. The van der Waals surface area contributed by atoms with Crippen LogP contribution < -0.4 is 4.74 Å². The van der Waals surface area contributed by atoms with Crippen molar-refractivity contribution in [1.82, 2.24) is 4.98 Å². The third kappa shape index (κ3) is 3.19. The Kier molecular flexibility index (Phi) is 4.30. The highest BCUT2D eigenvalue weighted by atomic mass is 16.5. The number of allylic oxidation sites excluding steroid dienone is 1. The number of Topliss-reactive ketones (excluding diaryl/α,β-unsaturated/α-hetero) is 1. The summed E-state index contributed by atoms with van der Waals surface area (Å²) >= 11 is 0. The molecular weight excluding hydrogens is 240 g/mol. The molecule has 1 heterocycles. The zero-order valence-corrected chi connectivity index (χ0v) is 10.9. The number of nitrogens with zero attached hydrogens (tertiary/aromatic N) is 2. The average Bonchev–Trinajstić information content (AvgIpc) is 2.98. The third-order valence-corrected chi connectivity index (χ3v) is 3.39. The van der Waals surface area contributed by atoms with E-state index in [1.165, 1.54) is 7.11 Å². The van der Waals surface area contributed by atoms with Crippen molar-refractivity contribution in [1.29, 1.82) is 5.26 Å². The molecule has 1 fully saturated rings. The quantitative estimate of drug-likeness (QED) is 0.613. The fourth-order valence-corrected chi connectivity index (χ4v) is 2.36. The summed E-state index contributed by atoms with van der Waals surface area (Å²) in [7, 11) is 1.53. The molecule has 1 aromatic rings. The lowest BCUT2D eigenvalue weighted by molar-refractivity contribution is -0.118. The van der Waals surface area contributed by atoms with E-state index in [0.717, 1.165) is 31.2 Å². The van der Waals surface area contributed by atoms with Crippen molar-refractivity contribution in [2.45, 2.75) is 25.7 Å². The number of aromatic nitrogens is 1. The Bertz CT molecular complexity index is 537. The Morgan fingerprint density at radius 2 is 2.26 bits per heavy atom. The van der Waals surface area contributed by atoms with E-state index in [1.54, 1.807) is 24.4 Å². The molecule has 0 radical (unpaired) electrons. The van der Waals surface area contributed by atoms with Crippen molar-refractivity contribution >= 4 is 11.9 Å². The van der Waals surface area contributed by atoms with E-state index in [1.807, 2.05) is 6.07 Å². The number of nitriles is 1. The van der Waals surface area contributed by atoms with Crippen LogP contribution in [0.5, 0.6) is 5.88 Å². The molecule has 1 saturated carbocycles. The summed E-state index contributed by atoms with van der Waals surface area (Å²) in [5, 5.41) is 9.16. The van der Waals surface area contributed by atoms with Crippen molar-refractivity contribution < 1.29 is 9.53 Å². The van der Waals surface area contributed by atoms with E-state index < -0.39 is 0 Å². The van der Waals surface area contributed by atoms with Crippen LogP contribution in [-0.2, 0) is 4.79 Å². The van der Waals surface area contributed by atoms with Crippen LogP contribution >= 0.6 is 0 Å². The summed E-state index contributed by atoms with van der Waals surface area (Å²) in [6, 6.07) is 5.47. The number of methoxy groups -OCH3 is 1. The van der Waals surface area contributed by atoms with E-state index in [-0.39, 0.29) is 17.3 Å². The Morgan fingerprint density at radius 3 is 2.89 bits per heavy atom. The van der Waals surface area contributed by atoms with Crippen molar-refractivity contribution in [3.05, 3.63) is 29.5 Å². The van der Waals surface area contributed by atoms with E-state index in [0.29, 0.717) is 5.88 Å². The second-order valence-corrected chi connectivity index (χ2v) is 4.65. The summed E-state index contributed by atoms with van der Waals surface area (Å²) in [4.78, 5) is 16.2. The molecule has 0 unspecified atom stereocenters. The second kappa shape index (κ2) is 6.14. The standard InChI is InChI=1S/C15H16N2O2/c1-19-14-9-11(6-7-17-14)8-13(10-16)15(18)12-4-2-3-5-12/h6-9,12H,2-5H2,1H3. The topological polar surface area (TPSA) is 63.0 Å². The number of carbonyl (C=O) groups is 1. The van der Waals surface area contributed by atoms with E-state index in [9.17, 15) is 4.79 Å². The maximum Gasteiger partial charge on any atom is 0.213 e. The van der Waals surface area contributed by atoms with Crippen LogP contribution in [0.2, 0.25) is 0 Å². The minimum absolute atomic E-state index is 0.0228. The Hall–Kier alpha value is -2.15. The number of hydrogen-bond donors (Lipinski definition) is 0. The number of ether oxygens (including phenoxy) is 1. The van der Waals surface area contributed by atoms with Crippen LogP contribution in [0.15, 0.2) is 23.9 Å². The van der Waals surface area contributed by atoms with Gasteiger partial charge >= 0.3 is 0 Å². The van der Waals surface area contributed by atoms with Crippen LogP contribution in [0.4, 0.5) is 0 Å². The molecule has 1 aliphatic rings. The van der Waals surface area contributed by atoms with Gasteiger partial charge in [0.2, 0.25) is 5.88 Å². The third-order valence-electron chi connectivity index (χ3n) is 3.39. The van der Waals surface area contributed by atoms with Gasteiger partial charge < -0.3 is 4.74 Å². The molecule has 1 aliphatic carbocycles. The van der Waals surface area contributed by atoms with Gasteiger partial charge in [-0.15, -0.1) is 0 Å². The van der Waals surface area contributed by atoms with Crippen LogP contribution in [0.1, 0.15) is 31.2 Å². The molecule has 0 atom stereocenters. The summed E-state index contributed by atoms with van der Waals surface area (Å²) in [5.41, 5.74) is 0.981. The van der Waals surface area contributed by atoms with Gasteiger partial charge in [-0.1, -0.05) is 12.8 Å². The first-order valence-corrected chi connectivity index (χ1v) is 6.40. The van der Waals surface area contributed by atoms with Crippen LogP contribution in [0.3, 0.4) is 0 Å². The SMILES string of the molecule is COc1cc(C=C(C#N)C(=O)C2CCCC2)ccn1. The first-order chi connectivity index (χ1) is 9.24. The molecule has 98 valence electrons. The van der Waals surface area contributed by atoms with Crippen molar-refractivity contribution in [2.24, 2.45) is 5.92 Å². The van der Waals surface area contributed by atoms with Gasteiger partial charge in [-0.2, -0.15) is 5.26 Å². The largest absolute Gasteiger partial charge is 0.481 e. The monoisotopic (exact) mass is 256 g/mol. The Labute approximate surface area is 112 Å². The highest BCUT2D eigenvalue weighted by Gasteiger charge is 2.25. The van der Waals surface area contributed by atoms with Gasteiger partial charge in [0, 0.05) is 18.2 Å². The summed E-state index contributed by atoms with van der Waals surface area (Å²) < 4.78 is 5.02. The lowest BCUT2D eigenvalue weighted by atomic mass is 9.95. The van der Waals surface area contributed by atoms with Gasteiger partial charge in [0.25, 0.3) is 0 Å². The lowest BCUT2D eigenvalue weighted by Gasteiger charge is -2.06. The molecular formula is C15H16N2O2. The highest BCUT2D eigenvalue weighted by Crippen LogP contribution is 2.28. The number of ketones is 1. The highest BCUT2D eigenvalue weighted by molar-refractivity contribution is 6.04. The van der Waals surface area contributed by atoms with Gasteiger partial charge in [-0.3, -0.25) is 4.79 Å². The molecule has 0 aromatic carbocycles. The molecule has 4 nitrogen and oxygen atoms in total. The lowest BCUT2D eigenvalue weighted by Crippen LogP contribution is -2.12. The van der Waals surface area contributed by atoms with E-state index in [4.69, 9.17) is 10.00 Å². The van der Waals surface area contributed by atoms with Crippen molar-refractivity contribution in [2.75, 3.05) is 7.11 Å². The first-order valence-electron chi connectivity index (χ1n) is 6.40. The minimum Gasteiger partial charge on any atom is -0.481 e. The predicted molar refractivity (Wildman–Crippen MR) is 71.3 cm³/mol. The summed E-state index contributed by atoms with van der Waals surface area (Å²) in [5.74, 6) is 0.463. The Balaban J connectivity index is 2.22. The normalized spacial score (nSPS) is 16.1. The van der Waals surface area contributed by atoms with Gasteiger partial charge in [0.1, 0.15) is 6.07 Å². The van der Waals surface area contributed by atoms with Gasteiger partial charge in [-0.25, -0.2) is 4.98 Å².